The molecule has 1 amide bonds. The highest BCUT2D eigenvalue weighted by atomic mass is 19.1. The van der Waals surface area contributed by atoms with Crippen molar-refractivity contribution in [2.45, 2.75) is 56.3 Å². The third-order valence-corrected chi connectivity index (χ3v) is 6.30. The Morgan fingerprint density at radius 2 is 1.73 bits per heavy atom. The molecule has 0 unspecified atom stereocenters. The van der Waals surface area contributed by atoms with Crippen LogP contribution >= 0.6 is 0 Å². The third-order valence-electron chi connectivity index (χ3n) is 6.30. The Bertz CT molecular complexity index is 658. The van der Waals surface area contributed by atoms with E-state index in [1.165, 1.54) is 12.1 Å². The summed E-state index contributed by atoms with van der Waals surface area (Å²) in [5.41, 5.74) is -1.18. The van der Waals surface area contributed by atoms with Crippen molar-refractivity contribution in [1.82, 2.24) is 4.90 Å². The summed E-state index contributed by atoms with van der Waals surface area (Å²) in [4.78, 5) is 14.5. The molecule has 1 aromatic rings. The first-order chi connectivity index (χ1) is 12.4. The molecule has 5 nitrogen and oxygen atoms in total. The lowest BCUT2D eigenvalue weighted by atomic mass is 9.78. The monoisotopic (exact) mass is 363 g/mol. The van der Waals surface area contributed by atoms with Gasteiger partial charge in [-0.25, -0.2) is 4.39 Å². The molecule has 0 radical (unpaired) electrons. The third kappa shape index (κ3) is 3.32. The lowest BCUT2D eigenvalue weighted by Crippen LogP contribution is -2.46. The molecule has 0 bridgehead atoms. The molecule has 2 saturated carbocycles. The van der Waals surface area contributed by atoms with Crippen LogP contribution in [0.2, 0.25) is 0 Å². The molecule has 2 aliphatic carbocycles. The Kier molecular flexibility index (Phi) is 4.65. The van der Waals surface area contributed by atoms with Crippen molar-refractivity contribution in [2.75, 3.05) is 13.1 Å². The Balaban J connectivity index is 1.40. The van der Waals surface area contributed by atoms with E-state index in [9.17, 15) is 19.4 Å². The molecule has 1 saturated heterocycles. The van der Waals surface area contributed by atoms with E-state index >= 15 is 0 Å². The Morgan fingerprint density at radius 3 is 2.38 bits per heavy atom. The number of amides is 1. The zero-order valence-electron chi connectivity index (χ0n) is 14.8. The molecule has 1 heterocycles. The Morgan fingerprint density at radius 1 is 1.12 bits per heavy atom. The summed E-state index contributed by atoms with van der Waals surface area (Å²) in [6, 6.07) is 5.81. The van der Waals surface area contributed by atoms with Gasteiger partial charge in [-0.2, -0.15) is 0 Å². The van der Waals surface area contributed by atoms with E-state index in [4.69, 9.17) is 4.74 Å². The number of benzene rings is 1. The number of rotatable bonds is 3. The summed E-state index contributed by atoms with van der Waals surface area (Å²) in [5, 5.41) is 21.0. The summed E-state index contributed by atoms with van der Waals surface area (Å²) >= 11 is 0. The first-order valence-electron chi connectivity index (χ1n) is 9.57. The van der Waals surface area contributed by atoms with Gasteiger partial charge >= 0.3 is 0 Å². The van der Waals surface area contributed by atoms with Crippen LogP contribution in [0.15, 0.2) is 24.3 Å². The highest BCUT2D eigenvalue weighted by molar-refractivity contribution is 5.85. The van der Waals surface area contributed by atoms with Gasteiger partial charge in [0.05, 0.1) is 6.10 Å². The average Bonchev–Trinajstić information content (AvgIpc) is 3.23. The number of aliphatic hydroxyl groups is 2. The first kappa shape index (κ1) is 17.7. The molecule has 6 heteroatoms. The van der Waals surface area contributed by atoms with Crippen molar-refractivity contribution in [2.24, 2.45) is 11.8 Å². The van der Waals surface area contributed by atoms with E-state index < -0.39 is 11.7 Å². The zero-order chi connectivity index (χ0) is 18.3. The van der Waals surface area contributed by atoms with Crippen LogP contribution in [0.3, 0.4) is 0 Å². The standard InChI is InChI=1S/C20H26FNO4/c21-15-3-5-16(6-4-15)26-18-10-14-12-22(11-13(14)9-17(18)23)19(24)20(25)7-1-2-8-20/h3-6,13-14,17-18,23,25H,1-2,7-12H2/t13-,14+,17+,18+/m0/s1. The fourth-order valence-electron chi connectivity index (χ4n) is 4.84. The molecule has 0 spiro atoms. The fraction of sp³-hybridized carbons (Fsp3) is 0.650. The quantitative estimate of drug-likeness (QED) is 0.863. The minimum Gasteiger partial charge on any atom is -0.488 e. The number of nitrogens with zero attached hydrogens (tertiary/aromatic N) is 1. The number of hydrogen-bond donors (Lipinski definition) is 2. The molecule has 4 atom stereocenters. The van der Waals surface area contributed by atoms with Gasteiger partial charge in [-0.15, -0.1) is 0 Å². The number of carbonyl (C=O) groups is 1. The molecule has 3 fully saturated rings. The average molecular weight is 363 g/mol. The Hall–Kier alpha value is -1.66. The highest BCUT2D eigenvalue weighted by Crippen LogP contribution is 2.40. The van der Waals surface area contributed by atoms with Crippen molar-refractivity contribution in [3.05, 3.63) is 30.1 Å². The van der Waals surface area contributed by atoms with Gasteiger partial charge in [-0.1, -0.05) is 0 Å². The van der Waals surface area contributed by atoms with Gasteiger partial charge in [0.25, 0.3) is 5.91 Å². The maximum Gasteiger partial charge on any atom is 0.254 e. The van der Waals surface area contributed by atoms with Crippen molar-refractivity contribution >= 4 is 5.91 Å². The van der Waals surface area contributed by atoms with E-state index in [0.717, 1.165) is 12.8 Å². The van der Waals surface area contributed by atoms with Crippen LogP contribution in [-0.2, 0) is 4.79 Å². The van der Waals surface area contributed by atoms with Crippen LogP contribution < -0.4 is 4.74 Å². The number of likely N-dealkylation sites (tertiary alicyclic amines) is 1. The van der Waals surface area contributed by atoms with E-state index in [2.05, 4.69) is 0 Å². The van der Waals surface area contributed by atoms with Crippen LogP contribution in [0.5, 0.6) is 5.75 Å². The van der Waals surface area contributed by atoms with Crippen LogP contribution in [0.25, 0.3) is 0 Å². The number of hydrogen-bond acceptors (Lipinski definition) is 4. The van der Waals surface area contributed by atoms with Crippen molar-refractivity contribution in [3.63, 3.8) is 0 Å². The van der Waals surface area contributed by atoms with Crippen LogP contribution in [0.1, 0.15) is 38.5 Å². The smallest absolute Gasteiger partial charge is 0.254 e. The predicted molar refractivity (Wildman–Crippen MR) is 93.0 cm³/mol. The van der Waals surface area contributed by atoms with E-state index in [1.54, 1.807) is 17.0 Å². The van der Waals surface area contributed by atoms with Gasteiger partial charge < -0.3 is 19.8 Å². The molecule has 1 aliphatic heterocycles. The maximum atomic E-state index is 13.0. The second kappa shape index (κ2) is 6.82. The second-order valence-corrected chi connectivity index (χ2v) is 8.12. The molecule has 0 aromatic heterocycles. The molecule has 26 heavy (non-hydrogen) atoms. The van der Waals surface area contributed by atoms with Crippen molar-refractivity contribution in [1.29, 1.82) is 0 Å². The summed E-state index contributed by atoms with van der Waals surface area (Å²) in [6.07, 6.45) is 3.18. The topological polar surface area (TPSA) is 70.0 Å². The number of ether oxygens (including phenoxy) is 1. The lowest BCUT2D eigenvalue weighted by Gasteiger charge is -2.35. The van der Waals surface area contributed by atoms with Gasteiger partial charge in [0, 0.05) is 13.1 Å². The van der Waals surface area contributed by atoms with Crippen molar-refractivity contribution in [3.8, 4) is 5.75 Å². The minimum absolute atomic E-state index is 0.144. The molecule has 3 aliphatic rings. The van der Waals surface area contributed by atoms with Gasteiger partial charge in [-0.3, -0.25) is 4.79 Å². The predicted octanol–water partition coefficient (Wildman–Crippen LogP) is 2.11. The highest BCUT2D eigenvalue weighted by Gasteiger charge is 2.48. The molecule has 142 valence electrons. The van der Waals surface area contributed by atoms with E-state index in [0.29, 0.717) is 44.5 Å². The molecule has 1 aromatic carbocycles. The summed E-state index contributed by atoms with van der Waals surface area (Å²) < 4.78 is 18.9. The molecular weight excluding hydrogens is 337 g/mol. The van der Waals surface area contributed by atoms with Gasteiger partial charge in [-0.05, 0) is 74.6 Å². The fourth-order valence-corrected chi connectivity index (χ4v) is 4.84. The molecular formula is C20H26FNO4. The summed E-state index contributed by atoms with van der Waals surface area (Å²) in [5.74, 6) is 0.580. The van der Waals surface area contributed by atoms with Crippen LogP contribution in [-0.4, -0.2) is 51.9 Å². The number of aliphatic hydroxyl groups excluding tert-OH is 1. The number of fused-ring (bicyclic) bond motifs is 1. The lowest BCUT2D eigenvalue weighted by molar-refractivity contribution is -0.149. The van der Waals surface area contributed by atoms with Gasteiger partial charge in [0.2, 0.25) is 0 Å². The number of halogens is 1. The maximum absolute atomic E-state index is 13.0. The summed E-state index contributed by atoms with van der Waals surface area (Å²) in [6.45, 7) is 1.22. The zero-order valence-corrected chi connectivity index (χ0v) is 14.8. The largest absolute Gasteiger partial charge is 0.488 e. The molecule has 4 rings (SSSR count). The number of carbonyl (C=O) groups excluding carboxylic acids is 1. The first-order valence-corrected chi connectivity index (χ1v) is 9.57. The summed E-state index contributed by atoms with van der Waals surface area (Å²) in [7, 11) is 0. The van der Waals surface area contributed by atoms with E-state index in [-0.39, 0.29) is 29.7 Å². The normalized spacial score (nSPS) is 33.1. The SMILES string of the molecule is O=C(N1C[C@H]2C[C@@H](Oc3ccc(F)cc3)[C@H](O)C[C@H]2C1)C1(O)CCCC1. The second-order valence-electron chi connectivity index (χ2n) is 8.12. The Labute approximate surface area is 152 Å². The van der Waals surface area contributed by atoms with Gasteiger partial charge in [0.1, 0.15) is 23.3 Å². The van der Waals surface area contributed by atoms with E-state index in [1.807, 2.05) is 0 Å². The van der Waals surface area contributed by atoms with Crippen LogP contribution in [0.4, 0.5) is 4.39 Å². The van der Waals surface area contributed by atoms with Crippen molar-refractivity contribution < 1.29 is 24.1 Å². The minimum atomic E-state index is -1.18. The van der Waals surface area contributed by atoms with Crippen LogP contribution in [0, 0.1) is 17.7 Å². The molecule has 2 N–H and O–H groups in total. The van der Waals surface area contributed by atoms with Gasteiger partial charge in [0.15, 0.2) is 0 Å².